The molecule has 0 saturated carbocycles. The summed E-state index contributed by atoms with van der Waals surface area (Å²) < 4.78 is 0. The fourth-order valence-corrected chi connectivity index (χ4v) is 4.19. The molecule has 0 spiro atoms. The van der Waals surface area contributed by atoms with E-state index >= 15 is 0 Å². The Bertz CT molecular complexity index is 1190. The molecule has 4 heteroatoms. The fraction of sp³-hybridized carbons (Fsp3) is 0.154. The minimum absolute atomic E-state index is 0.0913. The highest BCUT2D eigenvalue weighted by molar-refractivity contribution is 6.34. The number of nitrogens with one attached hydrogen (secondary N) is 1. The molecular weight excluding hydrogens is 394 g/mol. The number of hydrogen-bond donors (Lipinski definition) is 1. The smallest absolute Gasteiger partial charge is 0.257 e. The number of hydrogen-bond acceptors (Lipinski definition) is 2. The van der Waals surface area contributed by atoms with E-state index in [-0.39, 0.29) is 11.7 Å². The number of anilines is 1. The van der Waals surface area contributed by atoms with Crippen molar-refractivity contribution in [1.29, 1.82) is 0 Å². The van der Waals surface area contributed by atoms with Gasteiger partial charge in [-0.05, 0) is 79.8 Å². The maximum absolute atomic E-state index is 13.1. The third-order valence-corrected chi connectivity index (χ3v) is 5.73. The number of amides is 1. The lowest BCUT2D eigenvalue weighted by molar-refractivity contribution is 0.101. The van der Waals surface area contributed by atoms with Crippen molar-refractivity contribution in [3.8, 4) is 0 Å². The Morgan fingerprint density at radius 1 is 1.00 bits per heavy atom. The van der Waals surface area contributed by atoms with Gasteiger partial charge in [-0.3, -0.25) is 9.59 Å². The van der Waals surface area contributed by atoms with Gasteiger partial charge in [0.15, 0.2) is 5.78 Å². The molecule has 150 valence electrons. The van der Waals surface area contributed by atoms with E-state index in [1.54, 1.807) is 24.3 Å². The van der Waals surface area contributed by atoms with E-state index in [1.165, 1.54) is 5.56 Å². The van der Waals surface area contributed by atoms with Crippen molar-refractivity contribution in [3.05, 3.63) is 105 Å². The van der Waals surface area contributed by atoms with Crippen LogP contribution in [0.25, 0.3) is 6.08 Å². The van der Waals surface area contributed by atoms with Crippen molar-refractivity contribution in [3.63, 3.8) is 0 Å². The van der Waals surface area contributed by atoms with E-state index in [0.29, 0.717) is 22.7 Å². The highest BCUT2D eigenvalue weighted by atomic mass is 35.5. The van der Waals surface area contributed by atoms with Crippen molar-refractivity contribution in [2.45, 2.75) is 26.7 Å². The average Bonchev–Trinajstić information content (AvgIpc) is 2.71. The van der Waals surface area contributed by atoms with Crippen LogP contribution in [0, 0.1) is 13.8 Å². The lowest BCUT2D eigenvalue weighted by atomic mass is 9.83. The zero-order valence-corrected chi connectivity index (χ0v) is 17.7. The molecule has 1 aliphatic rings. The van der Waals surface area contributed by atoms with Crippen LogP contribution in [-0.4, -0.2) is 11.7 Å². The molecule has 0 bridgehead atoms. The summed E-state index contributed by atoms with van der Waals surface area (Å²) in [5, 5.41) is 3.29. The van der Waals surface area contributed by atoms with Crippen LogP contribution in [0.2, 0.25) is 5.02 Å². The van der Waals surface area contributed by atoms with Gasteiger partial charge in [-0.1, -0.05) is 47.5 Å². The molecule has 0 aromatic heterocycles. The number of carbonyl (C=O) groups is 2. The van der Waals surface area contributed by atoms with E-state index in [9.17, 15) is 9.59 Å². The van der Waals surface area contributed by atoms with Gasteiger partial charge < -0.3 is 5.32 Å². The van der Waals surface area contributed by atoms with E-state index < -0.39 is 0 Å². The first-order valence-electron chi connectivity index (χ1n) is 9.94. The molecule has 3 aromatic carbocycles. The number of Topliss-reactive ketones (excluding diaryl/α,β-unsaturated/α-hetero) is 1. The van der Waals surface area contributed by atoms with Crippen LogP contribution in [0.1, 0.15) is 49.4 Å². The molecule has 0 saturated heterocycles. The van der Waals surface area contributed by atoms with Crippen LogP contribution in [0.4, 0.5) is 5.69 Å². The molecular formula is C26H22ClNO2. The standard InChI is InChI=1S/C26H22ClNO2/c1-16-12-17(2)21-11-10-19(25(29)23(21)13-16)14-18-6-5-7-20(15-18)28-26(30)22-8-3-4-9-24(22)27/h3-9,12-15H,10-11H2,1-2H3,(H,28,30). The van der Waals surface area contributed by atoms with Crippen LogP contribution in [0.5, 0.6) is 0 Å². The molecule has 0 fully saturated rings. The Balaban J connectivity index is 1.59. The minimum Gasteiger partial charge on any atom is -0.322 e. The van der Waals surface area contributed by atoms with E-state index in [0.717, 1.165) is 34.2 Å². The molecule has 30 heavy (non-hydrogen) atoms. The van der Waals surface area contributed by atoms with Gasteiger partial charge in [-0.25, -0.2) is 0 Å². The van der Waals surface area contributed by atoms with Crippen LogP contribution >= 0.6 is 11.6 Å². The zero-order valence-electron chi connectivity index (χ0n) is 17.0. The number of rotatable bonds is 3. The first-order chi connectivity index (χ1) is 14.4. The second kappa shape index (κ2) is 8.29. The maximum Gasteiger partial charge on any atom is 0.257 e. The molecule has 0 aliphatic heterocycles. The first kappa shape index (κ1) is 20.1. The SMILES string of the molecule is Cc1cc(C)c2c(c1)C(=O)C(=Cc1cccc(NC(=O)c3ccccc3Cl)c1)CC2. The second-order valence-corrected chi connectivity index (χ2v) is 8.07. The summed E-state index contributed by atoms with van der Waals surface area (Å²) in [6, 6.07) is 18.5. The average molecular weight is 416 g/mol. The number of ketones is 1. The maximum atomic E-state index is 13.1. The van der Waals surface area contributed by atoms with Gasteiger partial charge in [-0.2, -0.15) is 0 Å². The predicted octanol–water partition coefficient (Wildman–Crippen LogP) is 6.42. The van der Waals surface area contributed by atoms with Gasteiger partial charge in [0.2, 0.25) is 0 Å². The minimum atomic E-state index is -0.265. The van der Waals surface area contributed by atoms with Gasteiger partial charge in [0.25, 0.3) is 5.91 Å². The molecule has 1 amide bonds. The molecule has 0 unspecified atom stereocenters. The summed E-state index contributed by atoms with van der Waals surface area (Å²) in [5.41, 5.74) is 7.01. The van der Waals surface area contributed by atoms with Crippen LogP contribution in [-0.2, 0) is 6.42 Å². The molecule has 0 atom stereocenters. The summed E-state index contributed by atoms with van der Waals surface area (Å²) in [5.74, 6) is -0.174. The number of halogens is 1. The van der Waals surface area contributed by atoms with E-state index in [2.05, 4.69) is 18.3 Å². The van der Waals surface area contributed by atoms with Gasteiger partial charge in [0.05, 0.1) is 10.6 Å². The normalized spacial score (nSPS) is 14.5. The topological polar surface area (TPSA) is 46.2 Å². The summed E-state index contributed by atoms with van der Waals surface area (Å²) in [7, 11) is 0. The Morgan fingerprint density at radius 3 is 2.60 bits per heavy atom. The number of fused-ring (bicyclic) bond motifs is 1. The van der Waals surface area contributed by atoms with Crippen LogP contribution in [0.3, 0.4) is 0 Å². The monoisotopic (exact) mass is 415 g/mol. The molecule has 3 nitrogen and oxygen atoms in total. The van der Waals surface area contributed by atoms with E-state index in [4.69, 9.17) is 11.6 Å². The third-order valence-electron chi connectivity index (χ3n) is 5.40. The fourth-order valence-electron chi connectivity index (χ4n) is 3.97. The molecule has 4 rings (SSSR count). The summed E-state index contributed by atoms with van der Waals surface area (Å²) in [6.45, 7) is 4.09. The first-order valence-corrected chi connectivity index (χ1v) is 10.3. The quantitative estimate of drug-likeness (QED) is 0.501. The lowest BCUT2D eigenvalue weighted by Gasteiger charge is -2.20. The van der Waals surface area contributed by atoms with Crippen molar-refractivity contribution >= 4 is 35.1 Å². The molecule has 0 radical (unpaired) electrons. The summed E-state index contributed by atoms with van der Waals surface area (Å²) in [4.78, 5) is 25.6. The van der Waals surface area contributed by atoms with Crippen molar-refractivity contribution < 1.29 is 9.59 Å². The number of carbonyl (C=O) groups excluding carboxylic acids is 2. The van der Waals surface area contributed by atoms with Gasteiger partial charge in [-0.15, -0.1) is 0 Å². The predicted molar refractivity (Wildman–Crippen MR) is 122 cm³/mol. The molecule has 0 heterocycles. The number of allylic oxidation sites excluding steroid dienone is 1. The third kappa shape index (κ3) is 4.07. The van der Waals surface area contributed by atoms with E-state index in [1.807, 2.05) is 43.3 Å². The zero-order chi connectivity index (χ0) is 21.3. The van der Waals surface area contributed by atoms with Gasteiger partial charge in [0, 0.05) is 16.8 Å². The molecule has 1 N–H and O–H groups in total. The largest absolute Gasteiger partial charge is 0.322 e. The Morgan fingerprint density at radius 2 is 1.80 bits per heavy atom. The van der Waals surface area contributed by atoms with Crippen molar-refractivity contribution in [1.82, 2.24) is 0 Å². The highest BCUT2D eigenvalue weighted by Gasteiger charge is 2.23. The second-order valence-electron chi connectivity index (χ2n) is 7.67. The Kier molecular flexibility index (Phi) is 5.56. The van der Waals surface area contributed by atoms with Gasteiger partial charge >= 0.3 is 0 Å². The Labute approximate surface area is 181 Å². The van der Waals surface area contributed by atoms with Crippen LogP contribution in [0.15, 0.2) is 66.2 Å². The highest BCUT2D eigenvalue weighted by Crippen LogP contribution is 2.30. The number of benzene rings is 3. The Hall–Kier alpha value is -3.17. The molecule has 1 aliphatic carbocycles. The van der Waals surface area contributed by atoms with Crippen LogP contribution < -0.4 is 5.32 Å². The van der Waals surface area contributed by atoms with Crippen molar-refractivity contribution in [2.75, 3.05) is 5.32 Å². The van der Waals surface area contributed by atoms with Crippen molar-refractivity contribution in [2.24, 2.45) is 0 Å². The molecule has 3 aromatic rings. The summed E-state index contributed by atoms with van der Waals surface area (Å²) >= 11 is 6.12. The lowest BCUT2D eigenvalue weighted by Crippen LogP contribution is -2.15. The summed E-state index contributed by atoms with van der Waals surface area (Å²) in [6.07, 6.45) is 3.50. The number of aryl methyl sites for hydroxylation is 2. The van der Waals surface area contributed by atoms with Gasteiger partial charge in [0.1, 0.15) is 0 Å².